The summed E-state index contributed by atoms with van der Waals surface area (Å²) in [4.78, 5) is 2.39. The van der Waals surface area contributed by atoms with Crippen molar-refractivity contribution in [3.63, 3.8) is 0 Å². The summed E-state index contributed by atoms with van der Waals surface area (Å²) < 4.78 is 26.9. The molecule has 5 heteroatoms. The molecule has 0 spiro atoms. The highest BCUT2D eigenvalue weighted by Gasteiger charge is 2.28. The maximum Gasteiger partial charge on any atom is 0.218 e. The second kappa shape index (κ2) is 8.13. The van der Waals surface area contributed by atoms with E-state index in [0.29, 0.717) is 19.1 Å². The highest BCUT2D eigenvalue weighted by molar-refractivity contribution is 7.88. The summed E-state index contributed by atoms with van der Waals surface area (Å²) in [6, 6.07) is 20.3. The van der Waals surface area contributed by atoms with E-state index in [4.69, 9.17) is 0 Å². The normalized spacial score (nSPS) is 18.1. The summed E-state index contributed by atoms with van der Waals surface area (Å²) in [5.41, 5.74) is 2.18. The van der Waals surface area contributed by atoms with Crippen molar-refractivity contribution in [2.45, 2.75) is 25.1 Å². The molecule has 0 aliphatic carbocycles. The van der Waals surface area contributed by atoms with E-state index in [1.54, 1.807) is 4.31 Å². The Balaban J connectivity index is 1.54. The van der Waals surface area contributed by atoms with Gasteiger partial charge in [0.1, 0.15) is 0 Å². The van der Waals surface area contributed by atoms with Crippen molar-refractivity contribution in [3.8, 4) is 0 Å². The molecule has 1 aliphatic heterocycles. The van der Waals surface area contributed by atoms with E-state index in [-0.39, 0.29) is 5.75 Å². The Morgan fingerprint density at radius 3 is 1.92 bits per heavy atom. The molecular formula is C20H26N2O2S. The standard InChI is InChI=1S/C20H26N2O2S/c1-18(16-19-8-4-2-5-9-19)21-12-14-22(15-13-21)25(23,24)17-20-10-6-3-7-11-20/h2-11,18H,12-17H2,1H3. The molecule has 0 bridgehead atoms. The van der Waals surface area contributed by atoms with Gasteiger partial charge in [0.05, 0.1) is 5.75 Å². The zero-order valence-electron chi connectivity index (χ0n) is 14.7. The minimum Gasteiger partial charge on any atom is -0.298 e. The number of nitrogens with zero attached hydrogens (tertiary/aromatic N) is 2. The molecule has 1 heterocycles. The van der Waals surface area contributed by atoms with Crippen LogP contribution in [0.3, 0.4) is 0 Å². The molecule has 25 heavy (non-hydrogen) atoms. The van der Waals surface area contributed by atoms with Crippen molar-refractivity contribution in [2.75, 3.05) is 26.2 Å². The van der Waals surface area contributed by atoms with Gasteiger partial charge in [-0.2, -0.15) is 4.31 Å². The fourth-order valence-corrected chi connectivity index (χ4v) is 4.90. The maximum atomic E-state index is 12.6. The Morgan fingerprint density at radius 1 is 0.840 bits per heavy atom. The molecule has 1 aliphatic rings. The molecule has 1 unspecified atom stereocenters. The Bertz CT molecular complexity index is 755. The van der Waals surface area contributed by atoms with Gasteiger partial charge in [-0.05, 0) is 24.5 Å². The zero-order chi connectivity index (χ0) is 17.7. The van der Waals surface area contributed by atoms with Gasteiger partial charge in [-0.15, -0.1) is 0 Å². The average Bonchev–Trinajstić information content (AvgIpc) is 2.63. The second-order valence-corrected chi connectivity index (χ2v) is 8.68. The largest absolute Gasteiger partial charge is 0.298 e. The summed E-state index contributed by atoms with van der Waals surface area (Å²) in [5.74, 6) is 0.0907. The number of hydrogen-bond acceptors (Lipinski definition) is 3. The minimum absolute atomic E-state index is 0.0907. The molecule has 1 atom stereocenters. The molecule has 0 aromatic heterocycles. The van der Waals surface area contributed by atoms with E-state index in [1.807, 2.05) is 36.4 Å². The van der Waals surface area contributed by atoms with Gasteiger partial charge < -0.3 is 0 Å². The molecule has 134 valence electrons. The van der Waals surface area contributed by atoms with Gasteiger partial charge in [-0.3, -0.25) is 4.90 Å². The van der Waals surface area contributed by atoms with Crippen LogP contribution in [0.2, 0.25) is 0 Å². The molecule has 2 aromatic rings. The number of piperazine rings is 1. The summed E-state index contributed by atoms with van der Waals surface area (Å²) >= 11 is 0. The van der Waals surface area contributed by atoms with Crippen LogP contribution in [-0.4, -0.2) is 49.8 Å². The van der Waals surface area contributed by atoms with Crippen molar-refractivity contribution >= 4 is 10.0 Å². The number of sulfonamides is 1. The first kappa shape index (κ1) is 18.1. The van der Waals surface area contributed by atoms with Gasteiger partial charge in [-0.1, -0.05) is 60.7 Å². The van der Waals surface area contributed by atoms with Crippen LogP contribution in [0.25, 0.3) is 0 Å². The second-order valence-electron chi connectivity index (χ2n) is 6.72. The lowest BCUT2D eigenvalue weighted by Crippen LogP contribution is -2.51. The van der Waals surface area contributed by atoms with E-state index in [9.17, 15) is 8.42 Å². The van der Waals surface area contributed by atoms with E-state index < -0.39 is 10.0 Å². The first-order valence-electron chi connectivity index (χ1n) is 8.84. The molecule has 2 aromatic carbocycles. The van der Waals surface area contributed by atoms with Gasteiger partial charge in [0.15, 0.2) is 0 Å². The van der Waals surface area contributed by atoms with Gasteiger partial charge in [0, 0.05) is 32.2 Å². The number of benzene rings is 2. The molecule has 1 fully saturated rings. The molecule has 0 saturated carbocycles. The van der Waals surface area contributed by atoms with Crippen LogP contribution < -0.4 is 0 Å². The van der Waals surface area contributed by atoms with Crippen molar-refractivity contribution in [3.05, 3.63) is 71.8 Å². The Labute approximate surface area is 151 Å². The van der Waals surface area contributed by atoms with Crippen molar-refractivity contribution < 1.29 is 8.42 Å². The molecule has 0 radical (unpaired) electrons. The highest BCUT2D eigenvalue weighted by Crippen LogP contribution is 2.16. The van der Waals surface area contributed by atoms with Crippen molar-refractivity contribution in [2.24, 2.45) is 0 Å². The van der Waals surface area contributed by atoms with Crippen molar-refractivity contribution in [1.29, 1.82) is 0 Å². The van der Waals surface area contributed by atoms with E-state index in [2.05, 4.69) is 36.1 Å². The lowest BCUT2D eigenvalue weighted by atomic mass is 10.1. The van der Waals surface area contributed by atoms with Gasteiger partial charge >= 0.3 is 0 Å². The molecule has 0 N–H and O–H groups in total. The topological polar surface area (TPSA) is 40.6 Å². The lowest BCUT2D eigenvalue weighted by Gasteiger charge is -2.37. The van der Waals surface area contributed by atoms with Crippen LogP contribution in [0.4, 0.5) is 0 Å². The van der Waals surface area contributed by atoms with E-state index >= 15 is 0 Å². The van der Waals surface area contributed by atoms with Gasteiger partial charge in [0.2, 0.25) is 10.0 Å². The first-order valence-corrected chi connectivity index (χ1v) is 10.5. The van der Waals surface area contributed by atoms with Crippen LogP contribution in [-0.2, 0) is 22.2 Å². The lowest BCUT2D eigenvalue weighted by molar-refractivity contribution is 0.145. The fourth-order valence-electron chi connectivity index (χ4n) is 3.38. The first-order chi connectivity index (χ1) is 12.0. The van der Waals surface area contributed by atoms with E-state index in [1.165, 1.54) is 5.56 Å². The molecule has 3 rings (SSSR count). The number of rotatable bonds is 6. The summed E-state index contributed by atoms with van der Waals surface area (Å²) in [7, 11) is -3.24. The average molecular weight is 359 g/mol. The van der Waals surface area contributed by atoms with Gasteiger partial charge in [0.25, 0.3) is 0 Å². The SMILES string of the molecule is CC(Cc1ccccc1)N1CCN(S(=O)(=O)Cc2ccccc2)CC1. The van der Waals surface area contributed by atoms with Crippen LogP contribution >= 0.6 is 0 Å². The van der Waals surface area contributed by atoms with Crippen LogP contribution in [0.15, 0.2) is 60.7 Å². The quantitative estimate of drug-likeness (QED) is 0.797. The third-order valence-electron chi connectivity index (χ3n) is 4.86. The van der Waals surface area contributed by atoms with Crippen LogP contribution in [0.1, 0.15) is 18.1 Å². The van der Waals surface area contributed by atoms with Crippen LogP contribution in [0.5, 0.6) is 0 Å². The molecule has 4 nitrogen and oxygen atoms in total. The third-order valence-corrected chi connectivity index (χ3v) is 6.71. The smallest absolute Gasteiger partial charge is 0.218 e. The summed E-state index contributed by atoms with van der Waals surface area (Å²) in [6.07, 6.45) is 0.998. The Morgan fingerprint density at radius 2 is 1.36 bits per heavy atom. The predicted molar refractivity (Wildman–Crippen MR) is 102 cm³/mol. The van der Waals surface area contributed by atoms with E-state index in [0.717, 1.165) is 25.1 Å². The summed E-state index contributed by atoms with van der Waals surface area (Å²) in [5, 5.41) is 0. The van der Waals surface area contributed by atoms with Crippen molar-refractivity contribution in [1.82, 2.24) is 9.21 Å². The Kier molecular flexibility index (Phi) is 5.89. The summed E-state index contributed by atoms with van der Waals surface area (Å²) in [6.45, 7) is 4.97. The molecule has 0 amide bonds. The highest BCUT2D eigenvalue weighted by atomic mass is 32.2. The monoisotopic (exact) mass is 358 g/mol. The van der Waals surface area contributed by atoms with Crippen LogP contribution in [0, 0.1) is 0 Å². The predicted octanol–water partition coefficient (Wildman–Crippen LogP) is 2.77. The molecule has 1 saturated heterocycles. The maximum absolute atomic E-state index is 12.6. The Hall–Kier alpha value is -1.69. The molecular weight excluding hydrogens is 332 g/mol. The number of hydrogen-bond donors (Lipinski definition) is 0. The fraction of sp³-hybridized carbons (Fsp3) is 0.400. The van der Waals surface area contributed by atoms with Gasteiger partial charge in [-0.25, -0.2) is 8.42 Å². The third kappa shape index (κ3) is 4.91. The zero-order valence-corrected chi connectivity index (χ0v) is 15.5. The minimum atomic E-state index is -3.24.